The maximum absolute atomic E-state index is 12.1. The van der Waals surface area contributed by atoms with Gasteiger partial charge in [0.1, 0.15) is 17.1 Å². The van der Waals surface area contributed by atoms with Gasteiger partial charge in [0.05, 0.1) is 19.6 Å². The molecule has 2 aromatic carbocycles. The lowest BCUT2D eigenvalue weighted by atomic mass is 9.96. The zero-order valence-corrected chi connectivity index (χ0v) is 15.6. The van der Waals surface area contributed by atoms with Gasteiger partial charge in [-0.15, -0.1) is 0 Å². The standard InChI is InChI=1S/C20H24N2O5/c1-3-27-20(25)14-7-9-22(10-8-14)17-16(18(23)19(17)24)21-12-13-5-4-6-15(11-13)26-2/h4-6,11,14,21H,3,7-10,12H2,1-2H3. The normalized spacial score (nSPS) is 15.0. The van der Waals surface area contributed by atoms with E-state index in [0.717, 1.165) is 11.3 Å². The molecule has 1 N–H and O–H groups in total. The van der Waals surface area contributed by atoms with E-state index in [1.54, 1.807) is 14.0 Å². The highest BCUT2D eigenvalue weighted by atomic mass is 16.5. The number of nitrogens with one attached hydrogen (secondary N) is 1. The third kappa shape index (κ3) is 3.97. The Bertz CT molecular complexity index is 877. The van der Waals surface area contributed by atoms with Gasteiger partial charge in [-0.2, -0.15) is 0 Å². The average molecular weight is 372 g/mol. The van der Waals surface area contributed by atoms with E-state index in [-0.39, 0.29) is 11.9 Å². The number of piperidine rings is 1. The van der Waals surface area contributed by atoms with Crippen molar-refractivity contribution in [3.05, 3.63) is 50.3 Å². The molecule has 27 heavy (non-hydrogen) atoms. The molecule has 1 aliphatic heterocycles. The van der Waals surface area contributed by atoms with E-state index in [2.05, 4.69) is 5.32 Å². The maximum atomic E-state index is 12.1. The lowest BCUT2D eigenvalue weighted by molar-refractivity contribution is -0.148. The number of nitrogens with zero attached hydrogens (tertiary/aromatic N) is 1. The molecule has 0 saturated carbocycles. The molecular formula is C20H24N2O5. The molecule has 144 valence electrons. The SMILES string of the molecule is CCOC(=O)C1CCN(c2c(NCc3cccc(OC)c3)c(=O)c2=O)CC1. The summed E-state index contributed by atoms with van der Waals surface area (Å²) in [6, 6.07) is 7.52. The van der Waals surface area contributed by atoms with Crippen molar-refractivity contribution < 1.29 is 14.3 Å². The molecule has 1 saturated heterocycles. The van der Waals surface area contributed by atoms with Crippen LogP contribution < -0.4 is 25.8 Å². The maximum Gasteiger partial charge on any atom is 0.309 e. The molecule has 0 bridgehead atoms. The number of esters is 1. The predicted octanol–water partition coefficient (Wildman–Crippen LogP) is 1.68. The largest absolute Gasteiger partial charge is 0.497 e. The third-order valence-electron chi connectivity index (χ3n) is 4.92. The van der Waals surface area contributed by atoms with Crippen molar-refractivity contribution in [1.82, 2.24) is 0 Å². The van der Waals surface area contributed by atoms with Crippen LogP contribution in [0.2, 0.25) is 0 Å². The van der Waals surface area contributed by atoms with Gasteiger partial charge in [0, 0.05) is 19.6 Å². The molecule has 0 aliphatic carbocycles. The Labute approximate surface area is 157 Å². The number of benzene rings is 1. The van der Waals surface area contributed by atoms with Crippen molar-refractivity contribution >= 4 is 17.3 Å². The Balaban J connectivity index is 1.65. The first kappa shape index (κ1) is 18.9. The van der Waals surface area contributed by atoms with Gasteiger partial charge < -0.3 is 19.7 Å². The summed E-state index contributed by atoms with van der Waals surface area (Å²) in [5.74, 6) is 0.417. The van der Waals surface area contributed by atoms with Crippen LogP contribution in [0.15, 0.2) is 33.9 Å². The number of hydrogen-bond acceptors (Lipinski definition) is 7. The van der Waals surface area contributed by atoms with Gasteiger partial charge in [-0.3, -0.25) is 14.4 Å². The number of rotatable bonds is 7. The van der Waals surface area contributed by atoms with Crippen LogP contribution in [0, 0.1) is 5.92 Å². The van der Waals surface area contributed by atoms with Gasteiger partial charge in [-0.25, -0.2) is 0 Å². The van der Waals surface area contributed by atoms with E-state index in [9.17, 15) is 14.4 Å². The van der Waals surface area contributed by atoms with Crippen molar-refractivity contribution in [3.63, 3.8) is 0 Å². The number of carbonyl (C=O) groups is 1. The summed E-state index contributed by atoms with van der Waals surface area (Å²) >= 11 is 0. The van der Waals surface area contributed by atoms with E-state index in [1.165, 1.54) is 0 Å². The minimum atomic E-state index is -0.486. The molecule has 0 aromatic heterocycles. The second kappa shape index (κ2) is 8.24. The molecule has 7 nitrogen and oxygen atoms in total. The van der Waals surface area contributed by atoms with Crippen LogP contribution in [0.3, 0.4) is 0 Å². The molecule has 3 rings (SSSR count). The zero-order valence-electron chi connectivity index (χ0n) is 15.6. The molecule has 2 aromatic rings. The van der Waals surface area contributed by atoms with Crippen LogP contribution in [-0.4, -0.2) is 32.8 Å². The van der Waals surface area contributed by atoms with E-state index in [0.29, 0.717) is 50.5 Å². The van der Waals surface area contributed by atoms with Gasteiger partial charge in [-0.1, -0.05) is 12.1 Å². The molecule has 1 aliphatic rings. The first-order chi connectivity index (χ1) is 13.0. The number of methoxy groups -OCH3 is 1. The predicted molar refractivity (Wildman–Crippen MR) is 103 cm³/mol. The summed E-state index contributed by atoms with van der Waals surface area (Å²) in [4.78, 5) is 37.9. The van der Waals surface area contributed by atoms with Gasteiger partial charge in [0.2, 0.25) is 0 Å². The second-order valence-electron chi connectivity index (χ2n) is 6.60. The lowest BCUT2D eigenvalue weighted by Crippen LogP contribution is -2.46. The molecule has 1 fully saturated rings. The smallest absolute Gasteiger partial charge is 0.309 e. The molecule has 0 unspecified atom stereocenters. The van der Waals surface area contributed by atoms with Crippen molar-refractivity contribution in [1.29, 1.82) is 0 Å². The third-order valence-corrected chi connectivity index (χ3v) is 4.92. The van der Waals surface area contributed by atoms with Crippen LogP contribution in [-0.2, 0) is 16.1 Å². The number of ether oxygens (including phenoxy) is 2. The highest BCUT2D eigenvalue weighted by Crippen LogP contribution is 2.27. The van der Waals surface area contributed by atoms with Gasteiger partial charge in [-0.05, 0) is 37.5 Å². The van der Waals surface area contributed by atoms with E-state index >= 15 is 0 Å². The topological polar surface area (TPSA) is 84.9 Å². The number of anilines is 2. The minimum absolute atomic E-state index is 0.138. The Morgan fingerprint density at radius 3 is 2.63 bits per heavy atom. The summed E-state index contributed by atoms with van der Waals surface area (Å²) in [7, 11) is 1.60. The molecule has 0 atom stereocenters. The van der Waals surface area contributed by atoms with Crippen molar-refractivity contribution in [2.45, 2.75) is 26.3 Å². The van der Waals surface area contributed by atoms with Gasteiger partial charge in [0.15, 0.2) is 0 Å². The van der Waals surface area contributed by atoms with Gasteiger partial charge >= 0.3 is 5.97 Å². The van der Waals surface area contributed by atoms with Crippen LogP contribution in [0.1, 0.15) is 25.3 Å². The Kier molecular flexibility index (Phi) is 5.78. The first-order valence-corrected chi connectivity index (χ1v) is 9.16. The summed E-state index contributed by atoms with van der Waals surface area (Å²) in [5.41, 5.74) is 0.801. The van der Waals surface area contributed by atoms with Crippen LogP contribution in [0.4, 0.5) is 11.4 Å². The van der Waals surface area contributed by atoms with Crippen LogP contribution in [0.5, 0.6) is 5.75 Å². The quantitative estimate of drug-likeness (QED) is 0.585. The van der Waals surface area contributed by atoms with Crippen LogP contribution >= 0.6 is 0 Å². The zero-order chi connectivity index (χ0) is 19.4. The van der Waals surface area contributed by atoms with E-state index in [1.807, 2.05) is 29.2 Å². The molecule has 0 amide bonds. The van der Waals surface area contributed by atoms with Crippen molar-refractivity contribution in [3.8, 4) is 5.75 Å². The molecule has 1 heterocycles. The molecule has 0 spiro atoms. The van der Waals surface area contributed by atoms with Crippen LogP contribution in [0.25, 0.3) is 0 Å². The summed E-state index contributed by atoms with van der Waals surface area (Å²) in [5, 5.41) is 3.09. The highest BCUT2D eigenvalue weighted by Gasteiger charge is 2.31. The lowest BCUT2D eigenvalue weighted by Gasteiger charge is -2.34. The Morgan fingerprint density at radius 1 is 1.22 bits per heavy atom. The molecular weight excluding hydrogens is 348 g/mol. The Hall–Kier alpha value is -2.83. The molecule has 7 heteroatoms. The average Bonchev–Trinajstić information content (AvgIpc) is 2.71. The first-order valence-electron chi connectivity index (χ1n) is 9.16. The minimum Gasteiger partial charge on any atom is -0.497 e. The fourth-order valence-electron chi connectivity index (χ4n) is 3.42. The van der Waals surface area contributed by atoms with Crippen molar-refractivity contribution in [2.24, 2.45) is 5.92 Å². The monoisotopic (exact) mass is 372 g/mol. The van der Waals surface area contributed by atoms with Crippen molar-refractivity contribution in [2.75, 3.05) is 37.0 Å². The highest BCUT2D eigenvalue weighted by molar-refractivity contribution is 5.76. The summed E-state index contributed by atoms with van der Waals surface area (Å²) in [6.45, 7) is 3.70. The summed E-state index contributed by atoms with van der Waals surface area (Å²) < 4.78 is 10.3. The summed E-state index contributed by atoms with van der Waals surface area (Å²) in [6.07, 6.45) is 1.24. The molecule has 0 radical (unpaired) electrons. The van der Waals surface area contributed by atoms with E-state index in [4.69, 9.17) is 9.47 Å². The fourth-order valence-corrected chi connectivity index (χ4v) is 3.42. The second-order valence-corrected chi connectivity index (χ2v) is 6.60. The van der Waals surface area contributed by atoms with Gasteiger partial charge in [0.25, 0.3) is 10.9 Å². The Morgan fingerprint density at radius 2 is 1.96 bits per heavy atom. The number of carbonyl (C=O) groups excluding carboxylic acids is 1. The number of hydrogen-bond donors (Lipinski definition) is 1. The van der Waals surface area contributed by atoms with E-state index < -0.39 is 10.9 Å². The fraction of sp³-hybridized carbons (Fsp3) is 0.450.